The molecule has 1 aromatic carbocycles. The molecule has 1 aliphatic heterocycles. The number of benzene rings is 1. The van der Waals surface area contributed by atoms with Gasteiger partial charge in [0.1, 0.15) is 5.75 Å². The Hall–Kier alpha value is -2.36. The van der Waals surface area contributed by atoms with Crippen LogP contribution in [-0.4, -0.2) is 36.5 Å². The molecular formula is C22H27N3O2S. The standard InChI is InChI=1S/C22H27N3O2S/c1-16-9-11-25(12-10-16)20(21-4-3-13-28-21)15-24-22(26)17(2)27-19-7-5-18(14-23)6-8-19/h3-8,13,16-17,20H,9-12,15H2,1-2H3,(H,24,26). The highest BCUT2D eigenvalue weighted by Crippen LogP contribution is 2.29. The highest BCUT2D eigenvalue weighted by Gasteiger charge is 2.26. The summed E-state index contributed by atoms with van der Waals surface area (Å²) in [6, 6.07) is 13.3. The molecule has 5 nitrogen and oxygen atoms in total. The molecule has 3 rings (SSSR count). The van der Waals surface area contributed by atoms with Gasteiger partial charge in [0.15, 0.2) is 6.10 Å². The lowest BCUT2D eigenvalue weighted by Crippen LogP contribution is -2.44. The number of hydrogen-bond donors (Lipinski definition) is 1. The molecule has 0 spiro atoms. The van der Waals surface area contributed by atoms with E-state index in [0.717, 1.165) is 19.0 Å². The van der Waals surface area contributed by atoms with Crippen molar-refractivity contribution < 1.29 is 9.53 Å². The first-order chi connectivity index (χ1) is 13.6. The molecule has 1 saturated heterocycles. The fourth-order valence-corrected chi connectivity index (χ4v) is 4.30. The molecule has 148 valence electrons. The molecule has 2 unspecified atom stereocenters. The van der Waals surface area contributed by atoms with Crippen LogP contribution in [0.3, 0.4) is 0 Å². The molecule has 0 saturated carbocycles. The number of piperidine rings is 1. The van der Waals surface area contributed by atoms with Crippen LogP contribution in [0.2, 0.25) is 0 Å². The number of nitriles is 1. The van der Waals surface area contributed by atoms with Gasteiger partial charge in [0, 0.05) is 11.4 Å². The van der Waals surface area contributed by atoms with E-state index in [9.17, 15) is 4.79 Å². The normalized spacial score (nSPS) is 17.5. The van der Waals surface area contributed by atoms with Crippen LogP contribution in [0.25, 0.3) is 0 Å². The van der Waals surface area contributed by atoms with Crippen LogP contribution < -0.4 is 10.1 Å². The van der Waals surface area contributed by atoms with Crippen molar-refractivity contribution in [3.63, 3.8) is 0 Å². The molecule has 0 bridgehead atoms. The minimum Gasteiger partial charge on any atom is -0.481 e. The van der Waals surface area contributed by atoms with Gasteiger partial charge < -0.3 is 10.1 Å². The van der Waals surface area contributed by atoms with Crippen LogP contribution >= 0.6 is 11.3 Å². The van der Waals surface area contributed by atoms with E-state index in [0.29, 0.717) is 17.9 Å². The van der Waals surface area contributed by atoms with E-state index < -0.39 is 6.10 Å². The Bertz CT molecular complexity index is 790. The van der Waals surface area contributed by atoms with E-state index >= 15 is 0 Å². The Morgan fingerprint density at radius 1 is 1.32 bits per heavy atom. The summed E-state index contributed by atoms with van der Waals surface area (Å²) >= 11 is 1.74. The number of carbonyl (C=O) groups is 1. The summed E-state index contributed by atoms with van der Waals surface area (Å²) in [6.45, 7) is 6.76. The van der Waals surface area contributed by atoms with Gasteiger partial charge in [0.2, 0.25) is 0 Å². The summed E-state index contributed by atoms with van der Waals surface area (Å²) in [6.07, 6.45) is 1.81. The Labute approximate surface area is 170 Å². The Morgan fingerprint density at radius 3 is 2.64 bits per heavy atom. The van der Waals surface area contributed by atoms with Gasteiger partial charge >= 0.3 is 0 Å². The molecule has 6 heteroatoms. The molecule has 2 aromatic rings. The number of likely N-dealkylation sites (tertiary alicyclic amines) is 1. The molecule has 2 atom stereocenters. The van der Waals surface area contributed by atoms with Crippen LogP contribution in [0.15, 0.2) is 41.8 Å². The lowest BCUT2D eigenvalue weighted by Gasteiger charge is -2.36. The average Bonchev–Trinajstić information content (AvgIpc) is 3.24. The number of thiophene rings is 1. The minimum atomic E-state index is -0.599. The van der Waals surface area contributed by atoms with Crippen molar-refractivity contribution in [1.82, 2.24) is 10.2 Å². The lowest BCUT2D eigenvalue weighted by atomic mass is 9.97. The maximum atomic E-state index is 12.6. The number of hydrogen-bond acceptors (Lipinski definition) is 5. The van der Waals surface area contributed by atoms with Gasteiger partial charge in [0.05, 0.1) is 17.7 Å². The number of carbonyl (C=O) groups excluding carboxylic acids is 1. The highest BCUT2D eigenvalue weighted by molar-refractivity contribution is 7.10. The van der Waals surface area contributed by atoms with Crippen molar-refractivity contribution in [2.75, 3.05) is 19.6 Å². The quantitative estimate of drug-likeness (QED) is 0.768. The first-order valence-corrected chi connectivity index (χ1v) is 10.7. The Kier molecular flexibility index (Phi) is 7.07. The number of nitrogens with one attached hydrogen (secondary N) is 1. The van der Waals surface area contributed by atoms with E-state index in [1.807, 2.05) is 0 Å². The maximum absolute atomic E-state index is 12.6. The summed E-state index contributed by atoms with van der Waals surface area (Å²) in [7, 11) is 0. The smallest absolute Gasteiger partial charge is 0.260 e. The Balaban J connectivity index is 1.57. The van der Waals surface area contributed by atoms with Crippen LogP contribution in [0.4, 0.5) is 0 Å². The second kappa shape index (κ2) is 9.72. The van der Waals surface area contributed by atoms with Crippen molar-refractivity contribution in [2.24, 2.45) is 5.92 Å². The maximum Gasteiger partial charge on any atom is 0.260 e. The first kappa shape index (κ1) is 20.4. The van der Waals surface area contributed by atoms with Crippen LogP contribution in [0.1, 0.15) is 43.2 Å². The van der Waals surface area contributed by atoms with Crippen molar-refractivity contribution in [1.29, 1.82) is 5.26 Å². The van der Waals surface area contributed by atoms with E-state index in [4.69, 9.17) is 10.00 Å². The summed E-state index contributed by atoms with van der Waals surface area (Å²) < 4.78 is 5.73. The second-order valence-electron chi connectivity index (χ2n) is 7.39. The zero-order valence-electron chi connectivity index (χ0n) is 16.4. The highest BCUT2D eigenvalue weighted by atomic mass is 32.1. The predicted octanol–water partition coefficient (Wildman–Crippen LogP) is 3.98. The van der Waals surface area contributed by atoms with Crippen molar-refractivity contribution in [2.45, 2.75) is 38.8 Å². The van der Waals surface area contributed by atoms with Crippen molar-refractivity contribution in [3.8, 4) is 11.8 Å². The lowest BCUT2D eigenvalue weighted by molar-refractivity contribution is -0.127. The third-order valence-electron chi connectivity index (χ3n) is 5.27. The fraction of sp³-hybridized carbons (Fsp3) is 0.455. The van der Waals surface area contributed by atoms with E-state index in [-0.39, 0.29) is 11.9 Å². The van der Waals surface area contributed by atoms with Gasteiger partial charge in [-0.15, -0.1) is 11.3 Å². The molecule has 1 aliphatic rings. The third-order valence-corrected chi connectivity index (χ3v) is 6.24. The second-order valence-corrected chi connectivity index (χ2v) is 8.37. The molecule has 1 amide bonds. The average molecular weight is 398 g/mol. The number of rotatable bonds is 7. The zero-order valence-corrected chi connectivity index (χ0v) is 17.2. The van der Waals surface area contributed by atoms with Gasteiger partial charge in [-0.05, 0) is 74.5 Å². The van der Waals surface area contributed by atoms with Crippen LogP contribution in [0.5, 0.6) is 5.75 Å². The van der Waals surface area contributed by atoms with Crippen LogP contribution in [0, 0.1) is 17.2 Å². The van der Waals surface area contributed by atoms with E-state index in [2.05, 4.69) is 40.7 Å². The SMILES string of the molecule is CC1CCN(C(CNC(=O)C(C)Oc2ccc(C#N)cc2)c2cccs2)CC1. The third kappa shape index (κ3) is 5.34. The fourth-order valence-electron chi connectivity index (χ4n) is 3.44. The topological polar surface area (TPSA) is 65.4 Å². The Morgan fingerprint density at radius 2 is 2.04 bits per heavy atom. The van der Waals surface area contributed by atoms with E-state index in [1.165, 1.54) is 17.7 Å². The van der Waals surface area contributed by atoms with Gasteiger partial charge in [-0.25, -0.2) is 0 Å². The summed E-state index contributed by atoms with van der Waals surface area (Å²) in [5.74, 6) is 1.23. The molecular weight excluding hydrogens is 370 g/mol. The number of nitrogens with zero attached hydrogens (tertiary/aromatic N) is 2. The summed E-state index contributed by atoms with van der Waals surface area (Å²) in [4.78, 5) is 16.3. The molecule has 0 aliphatic carbocycles. The van der Waals surface area contributed by atoms with Gasteiger partial charge in [-0.2, -0.15) is 5.26 Å². The van der Waals surface area contributed by atoms with Gasteiger partial charge in [0.25, 0.3) is 5.91 Å². The van der Waals surface area contributed by atoms with Crippen LogP contribution in [-0.2, 0) is 4.79 Å². The predicted molar refractivity (Wildman–Crippen MR) is 111 cm³/mol. The first-order valence-electron chi connectivity index (χ1n) is 9.79. The van der Waals surface area contributed by atoms with Gasteiger partial charge in [-0.3, -0.25) is 9.69 Å². The number of amides is 1. The molecule has 0 radical (unpaired) electrons. The van der Waals surface area contributed by atoms with E-state index in [1.54, 1.807) is 42.5 Å². The molecule has 28 heavy (non-hydrogen) atoms. The largest absolute Gasteiger partial charge is 0.481 e. The summed E-state index contributed by atoms with van der Waals surface area (Å²) in [5, 5.41) is 14.0. The molecule has 1 N–H and O–H groups in total. The summed E-state index contributed by atoms with van der Waals surface area (Å²) in [5.41, 5.74) is 0.569. The zero-order chi connectivity index (χ0) is 19.9. The molecule has 1 fully saturated rings. The minimum absolute atomic E-state index is 0.128. The number of ether oxygens (including phenoxy) is 1. The molecule has 1 aromatic heterocycles. The molecule has 2 heterocycles. The van der Waals surface area contributed by atoms with Gasteiger partial charge in [-0.1, -0.05) is 13.0 Å². The van der Waals surface area contributed by atoms with Crippen molar-refractivity contribution in [3.05, 3.63) is 52.2 Å². The monoisotopic (exact) mass is 397 g/mol. The van der Waals surface area contributed by atoms with Crippen molar-refractivity contribution >= 4 is 17.2 Å².